The monoisotopic (exact) mass is 497 g/mol. The van der Waals surface area contributed by atoms with E-state index in [-0.39, 0.29) is 11.3 Å². The van der Waals surface area contributed by atoms with Crippen LogP contribution in [-0.2, 0) is 6.42 Å². The van der Waals surface area contributed by atoms with Crippen molar-refractivity contribution in [2.45, 2.75) is 53.8 Å². The smallest absolute Gasteiger partial charge is 0.235 e. The van der Waals surface area contributed by atoms with E-state index >= 15 is 4.39 Å². The van der Waals surface area contributed by atoms with Crippen LogP contribution in [0.1, 0.15) is 62.5 Å². The summed E-state index contributed by atoms with van der Waals surface area (Å²) in [6.07, 6.45) is 5.97. The van der Waals surface area contributed by atoms with Gasteiger partial charge in [0.25, 0.3) is 0 Å². The second kappa shape index (κ2) is 11.7. The van der Waals surface area contributed by atoms with Crippen LogP contribution in [-0.4, -0.2) is 22.9 Å². The molecule has 0 aliphatic carbocycles. The summed E-state index contributed by atoms with van der Waals surface area (Å²) < 4.78 is 47.5. The minimum Gasteiger partial charge on any atom is -0.458 e. The summed E-state index contributed by atoms with van der Waals surface area (Å²) in [5.41, 5.74) is 3.32. The number of nitrogens with zero attached hydrogens (tertiary/aromatic N) is 2. The van der Waals surface area contributed by atoms with Crippen LogP contribution in [0.4, 0.5) is 18.9 Å². The Morgan fingerprint density at radius 1 is 1.14 bits per heavy atom. The van der Waals surface area contributed by atoms with Gasteiger partial charge in [-0.1, -0.05) is 26.0 Å². The Kier molecular flexibility index (Phi) is 8.74. The zero-order chi connectivity index (χ0) is 26.4. The summed E-state index contributed by atoms with van der Waals surface area (Å²) in [5.74, 6) is -2.34. The van der Waals surface area contributed by atoms with E-state index in [1.807, 2.05) is 32.9 Å². The fraction of sp³-hybridized carbons (Fsp3) is 0.286. The first-order valence-electron chi connectivity index (χ1n) is 11.8. The quantitative estimate of drug-likeness (QED) is 0.387. The van der Waals surface area contributed by atoms with Gasteiger partial charge >= 0.3 is 0 Å². The van der Waals surface area contributed by atoms with Crippen molar-refractivity contribution >= 4 is 23.0 Å². The summed E-state index contributed by atoms with van der Waals surface area (Å²) in [4.78, 5) is 18.4. The van der Waals surface area contributed by atoms with E-state index in [0.717, 1.165) is 18.2 Å². The van der Waals surface area contributed by atoms with Gasteiger partial charge in [0.1, 0.15) is 0 Å². The van der Waals surface area contributed by atoms with E-state index in [1.54, 1.807) is 42.4 Å². The normalized spacial score (nSPS) is 15.7. The summed E-state index contributed by atoms with van der Waals surface area (Å²) in [6, 6.07) is 8.09. The summed E-state index contributed by atoms with van der Waals surface area (Å²) >= 11 is 0. The first-order chi connectivity index (χ1) is 17.2. The third-order valence-corrected chi connectivity index (χ3v) is 5.71. The van der Waals surface area contributed by atoms with Crippen LogP contribution in [0.15, 0.2) is 65.6 Å². The number of amidine groups is 1. The van der Waals surface area contributed by atoms with Crippen LogP contribution in [0.5, 0.6) is 5.75 Å². The number of halogens is 3. The van der Waals surface area contributed by atoms with Crippen molar-refractivity contribution < 1.29 is 22.7 Å². The van der Waals surface area contributed by atoms with Gasteiger partial charge in [0, 0.05) is 42.6 Å². The Morgan fingerprint density at radius 3 is 2.47 bits per heavy atom. The van der Waals surface area contributed by atoms with Crippen molar-refractivity contribution in [3.05, 3.63) is 88.9 Å². The van der Waals surface area contributed by atoms with Crippen molar-refractivity contribution in [2.75, 3.05) is 5.32 Å². The number of alkyl halides is 1. The minimum absolute atomic E-state index is 0.0187. The van der Waals surface area contributed by atoms with Crippen molar-refractivity contribution in [1.82, 2.24) is 4.90 Å². The first kappa shape index (κ1) is 26.8. The molecule has 0 radical (unpaired) electrons. The number of benzene rings is 2. The van der Waals surface area contributed by atoms with E-state index in [1.165, 1.54) is 12.1 Å². The molecule has 1 aliphatic rings. The highest BCUT2D eigenvalue weighted by Crippen LogP contribution is 2.33. The molecule has 0 saturated carbocycles. The molecule has 1 aliphatic heterocycles. The molecule has 5 nitrogen and oxygen atoms in total. The molecule has 1 heterocycles. The van der Waals surface area contributed by atoms with Gasteiger partial charge in [-0.05, 0) is 56.2 Å². The lowest BCUT2D eigenvalue weighted by Gasteiger charge is -2.30. The maximum atomic E-state index is 15.0. The second-order valence-corrected chi connectivity index (χ2v) is 8.02. The molecule has 0 saturated heterocycles. The van der Waals surface area contributed by atoms with Gasteiger partial charge in [-0.25, -0.2) is 13.8 Å². The number of anilines is 1. The van der Waals surface area contributed by atoms with E-state index in [4.69, 9.17) is 4.74 Å². The highest BCUT2D eigenvalue weighted by molar-refractivity contribution is 6.09. The van der Waals surface area contributed by atoms with Crippen molar-refractivity contribution in [2.24, 2.45) is 4.99 Å². The maximum Gasteiger partial charge on any atom is 0.235 e. The Hall–Kier alpha value is -3.81. The van der Waals surface area contributed by atoms with E-state index in [0.29, 0.717) is 35.6 Å². The number of aryl methyl sites for hydroxylation is 1. The minimum atomic E-state index is -1.78. The van der Waals surface area contributed by atoms with Gasteiger partial charge in [0.05, 0.1) is 11.4 Å². The predicted molar refractivity (Wildman–Crippen MR) is 137 cm³/mol. The van der Waals surface area contributed by atoms with E-state index in [9.17, 15) is 13.6 Å². The molecule has 1 N–H and O–H groups in total. The lowest BCUT2D eigenvalue weighted by atomic mass is 9.99. The largest absolute Gasteiger partial charge is 0.458 e. The zero-order valence-electron chi connectivity index (χ0n) is 21.0. The molecule has 1 atom stereocenters. The molecule has 8 heteroatoms. The lowest BCUT2D eigenvalue weighted by molar-refractivity contribution is 0.0805. The van der Waals surface area contributed by atoms with Gasteiger partial charge in [0.2, 0.25) is 12.2 Å². The molecule has 0 amide bonds. The van der Waals surface area contributed by atoms with Crippen molar-refractivity contribution in [3.8, 4) is 5.75 Å². The number of rotatable bonds is 8. The SMILES string of the molecule is C/C=C(/c1ccc(OC(C)F)c(F)c1F)N1C=CN=C(Nc2ccc(C(=O)CC)c(CC)c2)/C1=C\C. The number of Topliss-reactive ketones (excluding diaryl/α,β-unsaturated/α-hetero) is 1. The topological polar surface area (TPSA) is 53.9 Å². The number of nitrogens with one attached hydrogen (secondary N) is 1. The number of ketones is 1. The van der Waals surface area contributed by atoms with Crippen molar-refractivity contribution in [1.29, 1.82) is 0 Å². The molecule has 190 valence electrons. The second-order valence-electron chi connectivity index (χ2n) is 8.02. The molecule has 0 spiro atoms. The van der Waals surface area contributed by atoms with Gasteiger partial charge < -0.3 is 15.0 Å². The lowest BCUT2D eigenvalue weighted by Crippen LogP contribution is -2.29. The number of hydrogen-bond acceptors (Lipinski definition) is 5. The number of carbonyl (C=O) groups excluding carboxylic acids is 1. The number of hydrogen-bond donors (Lipinski definition) is 1. The molecule has 3 rings (SSSR count). The molecule has 0 aromatic heterocycles. The summed E-state index contributed by atoms with van der Waals surface area (Å²) in [7, 11) is 0. The summed E-state index contributed by atoms with van der Waals surface area (Å²) in [5, 5.41) is 3.28. The molecule has 0 bridgehead atoms. The van der Waals surface area contributed by atoms with Gasteiger partial charge in [0.15, 0.2) is 23.2 Å². The van der Waals surface area contributed by atoms with Crippen molar-refractivity contribution in [3.63, 3.8) is 0 Å². The number of carbonyl (C=O) groups is 1. The Bertz CT molecular complexity index is 1260. The van der Waals surface area contributed by atoms with E-state index < -0.39 is 23.7 Å². The van der Waals surface area contributed by atoms with Gasteiger partial charge in [-0.3, -0.25) is 4.79 Å². The maximum absolute atomic E-state index is 15.0. The standard InChI is InChI=1S/C28H30F3N3O2/c1-6-18-16-19(10-11-20(18)24(35)9-4)33-28-23(8-3)34(15-14-32-28)22(7-2)21-12-13-25(36-17(5)29)27(31)26(21)30/h7-8,10-17H,6,9H2,1-5H3,(H,32,33)/b22-7-,23-8+. The van der Waals surface area contributed by atoms with Crippen LogP contribution in [0.2, 0.25) is 0 Å². The summed E-state index contributed by atoms with van der Waals surface area (Å²) in [6.45, 7) is 8.42. The van der Waals surface area contributed by atoms with Crippen LogP contribution < -0.4 is 10.1 Å². The number of allylic oxidation sites excluding steroid dienone is 2. The zero-order valence-corrected chi connectivity index (χ0v) is 21.0. The number of ether oxygens (including phenoxy) is 1. The first-order valence-corrected chi connectivity index (χ1v) is 11.8. The molecule has 0 fully saturated rings. The third kappa shape index (κ3) is 5.53. The molecule has 2 aromatic carbocycles. The van der Waals surface area contributed by atoms with Gasteiger partial charge in [-0.15, -0.1) is 0 Å². The molecule has 36 heavy (non-hydrogen) atoms. The number of aliphatic imine (C=N–C) groups is 1. The average Bonchev–Trinajstić information content (AvgIpc) is 2.87. The van der Waals surface area contributed by atoms with Crippen LogP contribution in [0.3, 0.4) is 0 Å². The molecule has 1 unspecified atom stereocenters. The molecular formula is C28H30F3N3O2. The average molecular weight is 498 g/mol. The van der Waals surface area contributed by atoms with Crippen LogP contribution in [0, 0.1) is 11.6 Å². The van der Waals surface area contributed by atoms with Gasteiger partial charge in [-0.2, -0.15) is 4.39 Å². The Morgan fingerprint density at radius 2 is 1.86 bits per heavy atom. The Labute approximate surface area is 209 Å². The van der Waals surface area contributed by atoms with Crippen LogP contribution >= 0.6 is 0 Å². The predicted octanol–water partition coefficient (Wildman–Crippen LogP) is 7.38. The van der Waals surface area contributed by atoms with E-state index in [2.05, 4.69) is 10.3 Å². The third-order valence-electron chi connectivity index (χ3n) is 5.71. The Balaban J connectivity index is 1.93. The highest BCUT2D eigenvalue weighted by Gasteiger charge is 2.25. The van der Waals surface area contributed by atoms with Crippen LogP contribution in [0.25, 0.3) is 5.70 Å². The molecular weight excluding hydrogens is 467 g/mol. The fourth-order valence-corrected chi connectivity index (χ4v) is 4.00. The molecule has 2 aromatic rings. The highest BCUT2D eigenvalue weighted by atomic mass is 19.2. The fourth-order valence-electron chi connectivity index (χ4n) is 4.00.